The maximum atomic E-state index is 12.5. The summed E-state index contributed by atoms with van der Waals surface area (Å²) in [5.74, 6) is 2.83. The number of carbonyl (C=O) groups is 1. The van der Waals surface area contributed by atoms with E-state index in [-0.39, 0.29) is 5.54 Å². The summed E-state index contributed by atoms with van der Waals surface area (Å²) >= 11 is 0. The summed E-state index contributed by atoms with van der Waals surface area (Å²) in [6, 6.07) is 0. The molecule has 3 N–H and O–H groups in total. The smallest absolute Gasteiger partial charge is 0.224 e. The van der Waals surface area contributed by atoms with Crippen LogP contribution in [-0.2, 0) is 4.79 Å². The molecule has 0 aromatic heterocycles. The molecule has 0 heterocycles. The third-order valence-corrected chi connectivity index (χ3v) is 5.97. The van der Waals surface area contributed by atoms with Crippen LogP contribution < -0.4 is 11.1 Å². The van der Waals surface area contributed by atoms with E-state index in [1.807, 2.05) is 0 Å². The number of nitrogens with two attached hydrogens (primary N) is 1. The monoisotopic (exact) mass is 264 g/mol. The number of amides is 1. The normalized spacial score (nSPS) is 45.4. The van der Waals surface area contributed by atoms with Crippen molar-refractivity contribution in [2.24, 2.45) is 29.4 Å². The molecule has 19 heavy (non-hydrogen) atoms. The van der Waals surface area contributed by atoms with Crippen molar-refractivity contribution in [1.29, 1.82) is 0 Å². The average molecular weight is 264 g/mol. The average Bonchev–Trinajstić information content (AvgIpc) is 3.16. The zero-order valence-electron chi connectivity index (χ0n) is 12.2. The summed E-state index contributed by atoms with van der Waals surface area (Å²) in [5, 5.41) is 3.36. The summed E-state index contributed by atoms with van der Waals surface area (Å²) in [5.41, 5.74) is 5.90. The maximum absolute atomic E-state index is 12.5. The van der Waals surface area contributed by atoms with Crippen LogP contribution >= 0.6 is 0 Å². The summed E-state index contributed by atoms with van der Waals surface area (Å²) in [6.07, 6.45) is 9.74. The Kier molecular flexibility index (Phi) is 3.59. The van der Waals surface area contributed by atoms with Gasteiger partial charge in [-0.2, -0.15) is 0 Å². The molecule has 3 nitrogen and oxygen atoms in total. The highest BCUT2D eigenvalue weighted by molar-refractivity contribution is 5.83. The minimum absolute atomic E-state index is 0.0880. The van der Waals surface area contributed by atoms with Crippen molar-refractivity contribution in [3.8, 4) is 0 Å². The van der Waals surface area contributed by atoms with Crippen LogP contribution in [0.1, 0.15) is 58.3 Å². The molecule has 2 unspecified atom stereocenters. The molecule has 0 spiro atoms. The molecule has 0 saturated heterocycles. The van der Waals surface area contributed by atoms with Crippen LogP contribution in [0.15, 0.2) is 0 Å². The molecule has 3 fully saturated rings. The van der Waals surface area contributed by atoms with Crippen LogP contribution in [-0.4, -0.2) is 18.0 Å². The lowest BCUT2D eigenvalue weighted by molar-refractivity contribution is -0.125. The van der Waals surface area contributed by atoms with Gasteiger partial charge in [0.25, 0.3) is 0 Å². The summed E-state index contributed by atoms with van der Waals surface area (Å²) in [7, 11) is 0. The van der Waals surface area contributed by atoms with E-state index in [1.165, 1.54) is 38.5 Å². The van der Waals surface area contributed by atoms with Crippen molar-refractivity contribution >= 4 is 5.91 Å². The van der Waals surface area contributed by atoms with E-state index < -0.39 is 0 Å². The predicted octanol–water partition coefficient (Wildman–Crippen LogP) is 2.45. The Bertz CT molecular complexity index is 335. The standard InChI is InChI=1S/C16H28N2O/c1-11-6-8-16(10-17,9-7-11)18-15(19)14-12-4-2-3-5-13(12)14/h11-14H,2-10,17H2,1H3,(H,18,19). The second-order valence-electron chi connectivity index (χ2n) is 7.29. The second kappa shape index (κ2) is 5.08. The van der Waals surface area contributed by atoms with Gasteiger partial charge in [0.2, 0.25) is 5.91 Å². The highest BCUT2D eigenvalue weighted by Crippen LogP contribution is 2.55. The van der Waals surface area contributed by atoms with Gasteiger partial charge in [0.1, 0.15) is 0 Å². The highest BCUT2D eigenvalue weighted by atomic mass is 16.2. The van der Waals surface area contributed by atoms with E-state index in [2.05, 4.69) is 12.2 Å². The lowest BCUT2D eigenvalue weighted by atomic mass is 9.77. The fourth-order valence-corrected chi connectivity index (χ4v) is 4.42. The van der Waals surface area contributed by atoms with E-state index in [4.69, 9.17) is 5.73 Å². The molecular weight excluding hydrogens is 236 g/mol. The van der Waals surface area contributed by atoms with E-state index in [1.54, 1.807) is 0 Å². The topological polar surface area (TPSA) is 55.1 Å². The first-order chi connectivity index (χ1) is 9.15. The van der Waals surface area contributed by atoms with E-state index in [0.717, 1.165) is 18.8 Å². The first-order valence-electron chi connectivity index (χ1n) is 8.17. The van der Waals surface area contributed by atoms with Crippen molar-refractivity contribution in [3.05, 3.63) is 0 Å². The van der Waals surface area contributed by atoms with Gasteiger partial charge in [0.15, 0.2) is 0 Å². The Morgan fingerprint density at radius 3 is 2.26 bits per heavy atom. The first-order valence-corrected chi connectivity index (χ1v) is 8.17. The van der Waals surface area contributed by atoms with Gasteiger partial charge >= 0.3 is 0 Å². The molecule has 0 bridgehead atoms. The summed E-state index contributed by atoms with van der Waals surface area (Å²) < 4.78 is 0. The quantitative estimate of drug-likeness (QED) is 0.822. The molecule has 0 aromatic rings. The van der Waals surface area contributed by atoms with Crippen LogP contribution in [0.2, 0.25) is 0 Å². The Morgan fingerprint density at radius 1 is 1.16 bits per heavy atom. The molecule has 2 atom stereocenters. The van der Waals surface area contributed by atoms with Gasteiger partial charge in [-0.15, -0.1) is 0 Å². The van der Waals surface area contributed by atoms with Crippen molar-refractivity contribution in [2.75, 3.05) is 6.54 Å². The van der Waals surface area contributed by atoms with Crippen molar-refractivity contribution in [2.45, 2.75) is 63.8 Å². The van der Waals surface area contributed by atoms with Crippen molar-refractivity contribution < 1.29 is 4.79 Å². The SMILES string of the molecule is CC1CCC(CN)(NC(=O)C2C3CCCCC32)CC1. The molecule has 3 aliphatic carbocycles. The van der Waals surface area contributed by atoms with E-state index >= 15 is 0 Å². The molecule has 108 valence electrons. The Balaban J connectivity index is 1.59. The van der Waals surface area contributed by atoms with E-state index in [0.29, 0.717) is 30.2 Å². The zero-order valence-corrected chi connectivity index (χ0v) is 12.2. The molecule has 3 rings (SSSR count). The van der Waals surface area contributed by atoms with Crippen molar-refractivity contribution in [3.63, 3.8) is 0 Å². The number of fused-ring (bicyclic) bond motifs is 1. The van der Waals surface area contributed by atoms with Gasteiger partial charge in [-0.05, 0) is 56.3 Å². The molecule has 0 aromatic carbocycles. The predicted molar refractivity (Wildman–Crippen MR) is 76.5 cm³/mol. The molecule has 3 aliphatic rings. The maximum Gasteiger partial charge on any atom is 0.224 e. The molecule has 1 amide bonds. The van der Waals surface area contributed by atoms with Gasteiger partial charge in [-0.1, -0.05) is 19.8 Å². The number of hydrogen-bond acceptors (Lipinski definition) is 2. The van der Waals surface area contributed by atoms with E-state index in [9.17, 15) is 4.79 Å². The number of carbonyl (C=O) groups excluding carboxylic acids is 1. The first kappa shape index (κ1) is 13.4. The Labute approximate surface area is 116 Å². The van der Waals surface area contributed by atoms with Crippen LogP contribution in [0.3, 0.4) is 0 Å². The van der Waals surface area contributed by atoms with Crippen molar-refractivity contribution in [1.82, 2.24) is 5.32 Å². The van der Waals surface area contributed by atoms with Gasteiger partial charge < -0.3 is 11.1 Å². The third-order valence-electron chi connectivity index (χ3n) is 5.97. The number of hydrogen-bond donors (Lipinski definition) is 2. The fraction of sp³-hybridized carbons (Fsp3) is 0.938. The summed E-state index contributed by atoms with van der Waals surface area (Å²) in [6.45, 7) is 2.91. The molecule has 0 aliphatic heterocycles. The Morgan fingerprint density at radius 2 is 1.74 bits per heavy atom. The molecular formula is C16H28N2O. The lowest BCUT2D eigenvalue weighted by Crippen LogP contribution is -2.56. The Hall–Kier alpha value is -0.570. The van der Waals surface area contributed by atoms with Crippen LogP contribution in [0.25, 0.3) is 0 Å². The van der Waals surface area contributed by atoms with Gasteiger partial charge in [-0.3, -0.25) is 4.79 Å². The minimum atomic E-state index is -0.0880. The van der Waals surface area contributed by atoms with Crippen LogP contribution in [0.5, 0.6) is 0 Å². The number of nitrogens with one attached hydrogen (secondary N) is 1. The largest absolute Gasteiger partial charge is 0.349 e. The summed E-state index contributed by atoms with van der Waals surface area (Å²) in [4.78, 5) is 12.5. The van der Waals surface area contributed by atoms with Gasteiger partial charge in [0, 0.05) is 12.5 Å². The van der Waals surface area contributed by atoms with Gasteiger partial charge in [-0.25, -0.2) is 0 Å². The highest BCUT2D eigenvalue weighted by Gasteiger charge is 2.55. The lowest BCUT2D eigenvalue weighted by Gasteiger charge is -2.39. The third kappa shape index (κ3) is 2.54. The van der Waals surface area contributed by atoms with Crippen LogP contribution in [0, 0.1) is 23.7 Å². The van der Waals surface area contributed by atoms with Crippen LogP contribution in [0.4, 0.5) is 0 Å². The molecule has 3 saturated carbocycles. The number of rotatable bonds is 3. The van der Waals surface area contributed by atoms with Gasteiger partial charge in [0.05, 0.1) is 5.54 Å². The zero-order chi connectivity index (χ0) is 13.5. The minimum Gasteiger partial charge on any atom is -0.349 e. The second-order valence-corrected chi connectivity index (χ2v) is 7.29. The molecule has 0 radical (unpaired) electrons. The fourth-order valence-electron chi connectivity index (χ4n) is 4.42. The molecule has 3 heteroatoms.